The molecule has 2 N–H and O–H groups in total. The maximum absolute atomic E-state index is 11.7. The maximum atomic E-state index is 11.7. The first-order valence-corrected chi connectivity index (χ1v) is 6.07. The summed E-state index contributed by atoms with van der Waals surface area (Å²) in [5.74, 6) is -0.438. The zero-order chi connectivity index (χ0) is 13.4. The Kier molecular flexibility index (Phi) is 5.90. The van der Waals surface area contributed by atoms with E-state index in [1.807, 2.05) is 6.92 Å². The summed E-state index contributed by atoms with van der Waals surface area (Å²) in [5, 5.41) is 11.2. The first-order valence-electron chi connectivity index (χ1n) is 6.07. The highest BCUT2D eigenvalue weighted by atomic mass is 16.4. The molecule has 18 heavy (non-hydrogen) atoms. The van der Waals surface area contributed by atoms with Crippen LogP contribution in [0.4, 0.5) is 0 Å². The highest BCUT2D eigenvalue weighted by molar-refractivity contribution is 5.93. The number of oxazole rings is 1. The number of nitrogens with zero attached hydrogens (tertiary/aromatic N) is 1. The Morgan fingerprint density at radius 1 is 1.39 bits per heavy atom. The molecule has 0 aliphatic heterocycles. The van der Waals surface area contributed by atoms with Crippen LogP contribution in [0.1, 0.15) is 48.9 Å². The van der Waals surface area contributed by atoms with Crippen molar-refractivity contribution in [1.82, 2.24) is 10.3 Å². The van der Waals surface area contributed by atoms with Gasteiger partial charge in [-0.15, -0.1) is 0 Å². The average Bonchev–Trinajstić information content (AvgIpc) is 2.81. The molecule has 100 valence electrons. The number of aromatic nitrogens is 1. The molecule has 1 rings (SSSR count). The number of carboxylic acids is 1. The van der Waals surface area contributed by atoms with Crippen molar-refractivity contribution in [3.05, 3.63) is 17.8 Å². The minimum atomic E-state index is -0.783. The van der Waals surface area contributed by atoms with Crippen LogP contribution in [-0.4, -0.2) is 28.5 Å². The number of carbonyl (C=O) groups is 2. The van der Waals surface area contributed by atoms with Gasteiger partial charge in [-0.1, -0.05) is 13.3 Å². The van der Waals surface area contributed by atoms with Gasteiger partial charge in [0.1, 0.15) is 5.76 Å². The maximum Gasteiger partial charge on any atom is 0.303 e. The molecule has 0 aromatic carbocycles. The van der Waals surface area contributed by atoms with E-state index in [0.29, 0.717) is 30.8 Å². The fraction of sp³-hybridized carbons (Fsp3) is 0.583. The van der Waals surface area contributed by atoms with Crippen molar-refractivity contribution in [2.24, 2.45) is 0 Å². The van der Waals surface area contributed by atoms with Crippen molar-refractivity contribution in [2.45, 2.75) is 39.0 Å². The molecule has 0 aliphatic rings. The van der Waals surface area contributed by atoms with Crippen molar-refractivity contribution in [3.8, 4) is 0 Å². The van der Waals surface area contributed by atoms with Crippen molar-refractivity contribution >= 4 is 11.9 Å². The number of carbonyl (C=O) groups excluding carboxylic acids is 1. The molecule has 6 heteroatoms. The van der Waals surface area contributed by atoms with Gasteiger partial charge in [0.15, 0.2) is 12.1 Å². The normalized spacial score (nSPS) is 10.3. The molecule has 0 unspecified atom stereocenters. The monoisotopic (exact) mass is 254 g/mol. The molecule has 0 saturated carbocycles. The number of rotatable bonds is 8. The summed E-state index contributed by atoms with van der Waals surface area (Å²) in [5.41, 5.74) is 0.336. The van der Waals surface area contributed by atoms with Crippen LogP contribution in [0.5, 0.6) is 0 Å². The Hall–Kier alpha value is -1.85. The minimum absolute atomic E-state index is 0.178. The van der Waals surface area contributed by atoms with Crippen molar-refractivity contribution in [1.29, 1.82) is 0 Å². The van der Waals surface area contributed by atoms with Gasteiger partial charge < -0.3 is 14.8 Å². The molecular weight excluding hydrogens is 236 g/mol. The van der Waals surface area contributed by atoms with E-state index in [0.717, 1.165) is 12.8 Å². The Morgan fingerprint density at radius 3 is 2.83 bits per heavy atom. The van der Waals surface area contributed by atoms with Crippen LogP contribution in [0.25, 0.3) is 0 Å². The van der Waals surface area contributed by atoms with E-state index in [1.165, 1.54) is 6.39 Å². The number of amides is 1. The van der Waals surface area contributed by atoms with Crippen LogP contribution < -0.4 is 5.32 Å². The van der Waals surface area contributed by atoms with Crippen molar-refractivity contribution in [3.63, 3.8) is 0 Å². The lowest BCUT2D eigenvalue weighted by molar-refractivity contribution is -0.137. The summed E-state index contributed by atoms with van der Waals surface area (Å²) in [4.78, 5) is 25.8. The van der Waals surface area contributed by atoms with Crippen LogP contribution >= 0.6 is 0 Å². The summed E-state index contributed by atoms with van der Waals surface area (Å²) < 4.78 is 5.07. The lowest BCUT2D eigenvalue weighted by Gasteiger charge is -2.03. The number of hydrogen-bond donors (Lipinski definition) is 2. The molecule has 0 bridgehead atoms. The highest BCUT2D eigenvalue weighted by Gasteiger charge is 2.14. The molecule has 1 aromatic rings. The van der Waals surface area contributed by atoms with Crippen LogP contribution in [0, 0.1) is 0 Å². The van der Waals surface area contributed by atoms with Gasteiger partial charge in [0.25, 0.3) is 5.91 Å². The fourth-order valence-corrected chi connectivity index (χ4v) is 1.57. The molecule has 0 spiro atoms. The Balaban J connectivity index is 2.20. The van der Waals surface area contributed by atoms with E-state index >= 15 is 0 Å². The van der Waals surface area contributed by atoms with E-state index in [1.54, 1.807) is 0 Å². The number of hydrogen-bond acceptors (Lipinski definition) is 4. The lowest BCUT2D eigenvalue weighted by atomic mass is 10.2. The van der Waals surface area contributed by atoms with Gasteiger partial charge in [-0.3, -0.25) is 9.59 Å². The van der Waals surface area contributed by atoms with E-state index in [2.05, 4.69) is 10.3 Å². The van der Waals surface area contributed by atoms with E-state index in [-0.39, 0.29) is 12.3 Å². The first-order chi connectivity index (χ1) is 8.65. The van der Waals surface area contributed by atoms with Crippen LogP contribution in [-0.2, 0) is 11.2 Å². The van der Waals surface area contributed by atoms with E-state index in [4.69, 9.17) is 9.52 Å². The predicted molar refractivity (Wildman–Crippen MR) is 64.3 cm³/mol. The fourth-order valence-electron chi connectivity index (χ4n) is 1.57. The van der Waals surface area contributed by atoms with Gasteiger partial charge in [-0.2, -0.15) is 0 Å². The Labute approximate surface area is 105 Å². The molecule has 0 atom stereocenters. The quantitative estimate of drug-likeness (QED) is 0.687. The minimum Gasteiger partial charge on any atom is -0.481 e. The predicted octanol–water partition coefficient (Wildman–Crippen LogP) is 1.61. The van der Waals surface area contributed by atoms with Crippen LogP contribution in [0.3, 0.4) is 0 Å². The summed E-state index contributed by atoms with van der Waals surface area (Å²) in [7, 11) is 0. The Morgan fingerprint density at radius 2 is 2.17 bits per heavy atom. The van der Waals surface area contributed by atoms with Gasteiger partial charge >= 0.3 is 5.97 Å². The SMILES string of the molecule is CCc1ocnc1C(=O)NCCCCCC(=O)O. The molecule has 0 radical (unpaired) electrons. The third kappa shape index (κ3) is 4.57. The summed E-state index contributed by atoms with van der Waals surface area (Å²) in [6.45, 7) is 2.41. The second kappa shape index (κ2) is 7.47. The first kappa shape index (κ1) is 14.2. The van der Waals surface area contributed by atoms with Gasteiger partial charge in [0.2, 0.25) is 0 Å². The third-order valence-corrected chi connectivity index (χ3v) is 2.53. The largest absolute Gasteiger partial charge is 0.481 e. The summed E-state index contributed by atoms with van der Waals surface area (Å²) in [6, 6.07) is 0. The average molecular weight is 254 g/mol. The molecular formula is C12H18N2O4. The molecule has 0 aliphatic carbocycles. The highest BCUT2D eigenvalue weighted by Crippen LogP contribution is 2.07. The van der Waals surface area contributed by atoms with Crippen molar-refractivity contribution < 1.29 is 19.1 Å². The number of aryl methyl sites for hydroxylation is 1. The second-order valence-corrected chi connectivity index (χ2v) is 3.94. The van der Waals surface area contributed by atoms with Gasteiger partial charge in [0.05, 0.1) is 0 Å². The molecule has 1 amide bonds. The molecule has 0 fully saturated rings. The number of unbranched alkanes of at least 4 members (excludes halogenated alkanes) is 2. The van der Waals surface area contributed by atoms with E-state index in [9.17, 15) is 9.59 Å². The van der Waals surface area contributed by atoms with E-state index < -0.39 is 5.97 Å². The summed E-state index contributed by atoms with van der Waals surface area (Å²) in [6.07, 6.45) is 4.25. The zero-order valence-electron chi connectivity index (χ0n) is 10.4. The zero-order valence-corrected chi connectivity index (χ0v) is 10.4. The molecule has 1 heterocycles. The molecule has 0 saturated heterocycles. The number of carboxylic acid groups (broad SMARTS) is 1. The van der Waals surface area contributed by atoms with Gasteiger partial charge in [0, 0.05) is 19.4 Å². The molecule has 1 aromatic heterocycles. The standard InChI is InChI=1S/C12H18N2O4/c1-2-9-11(14-8-18-9)12(17)13-7-5-3-4-6-10(15)16/h8H,2-7H2,1H3,(H,13,17)(H,15,16). The number of aliphatic carboxylic acids is 1. The Bertz CT molecular complexity index is 401. The number of nitrogens with one attached hydrogen (secondary N) is 1. The van der Waals surface area contributed by atoms with Crippen LogP contribution in [0.15, 0.2) is 10.8 Å². The smallest absolute Gasteiger partial charge is 0.303 e. The summed E-state index contributed by atoms with van der Waals surface area (Å²) >= 11 is 0. The topological polar surface area (TPSA) is 92.4 Å². The lowest BCUT2D eigenvalue weighted by Crippen LogP contribution is -2.25. The van der Waals surface area contributed by atoms with Gasteiger partial charge in [-0.25, -0.2) is 4.98 Å². The molecule has 6 nitrogen and oxygen atoms in total. The second-order valence-electron chi connectivity index (χ2n) is 3.94. The third-order valence-electron chi connectivity index (χ3n) is 2.53. The van der Waals surface area contributed by atoms with Crippen molar-refractivity contribution in [2.75, 3.05) is 6.54 Å². The van der Waals surface area contributed by atoms with Gasteiger partial charge in [-0.05, 0) is 12.8 Å². The van der Waals surface area contributed by atoms with Crippen LogP contribution in [0.2, 0.25) is 0 Å².